The summed E-state index contributed by atoms with van der Waals surface area (Å²) in [5.74, 6) is 0. The molecule has 0 aliphatic carbocycles. The third kappa shape index (κ3) is 1.07. The molecule has 4 heteroatoms. The van der Waals surface area contributed by atoms with Crippen LogP contribution in [-0.2, 0) is 6.61 Å². The van der Waals surface area contributed by atoms with Crippen molar-refractivity contribution in [3.63, 3.8) is 0 Å². The van der Waals surface area contributed by atoms with Crippen LogP contribution in [0.3, 0.4) is 0 Å². The highest BCUT2D eigenvalue weighted by atomic mass is 35.5. The lowest BCUT2D eigenvalue weighted by Crippen LogP contribution is -1.89. The van der Waals surface area contributed by atoms with Gasteiger partial charge in [0.25, 0.3) is 0 Å². The zero-order chi connectivity index (χ0) is 8.55. The Bertz CT molecular complexity index is 410. The number of aliphatic hydroxyl groups is 1. The Hall–Kier alpha value is -1.06. The van der Waals surface area contributed by atoms with Crippen molar-refractivity contribution in [1.29, 1.82) is 0 Å². The van der Waals surface area contributed by atoms with E-state index < -0.39 is 0 Å². The molecule has 12 heavy (non-hydrogen) atoms. The van der Waals surface area contributed by atoms with Crippen LogP contribution < -0.4 is 0 Å². The van der Waals surface area contributed by atoms with Gasteiger partial charge >= 0.3 is 0 Å². The van der Waals surface area contributed by atoms with Gasteiger partial charge in [0.05, 0.1) is 18.3 Å². The van der Waals surface area contributed by atoms with Crippen LogP contribution in [-0.4, -0.2) is 14.5 Å². The molecule has 2 aromatic rings. The zero-order valence-electron chi connectivity index (χ0n) is 6.24. The molecule has 0 bridgehead atoms. The first-order valence-corrected chi connectivity index (χ1v) is 3.90. The van der Waals surface area contributed by atoms with Crippen molar-refractivity contribution in [2.75, 3.05) is 0 Å². The number of imidazole rings is 1. The highest BCUT2D eigenvalue weighted by molar-refractivity contribution is 6.29. The smallest absolute Gasteiger partial charge is 0.115 e. The van der Waals surface area contributed by atoms with Gasteiger partial charge in [-0.05, 0) is 17.7 Å². The van der Waals surface area contributed by atoms with Gasteiger partial charge in [-0.25, -0.2) is 4.98 Å². The molecule has 1 N–H and O–H groups in total. The average molecular weight is 183 g/mol. The Balaban J connectivity index is 2.75. The number of hydrogen-bond acceptors (Lipinski definition) is 2. The minimum Gasteiger partial charge on any atom is -0.392 e. The van der Waals surface area contributed by atoms with Crippen LogP contribution in [0, 0.1) is 0 Å². The topological polar surface area (TPSA) is 37.5 Å². The molecule has 0 unspecified atom stereocenters. The zero-order valence-corrected chi connectivity index (χ0v) is 6.99. The molecule has 2 rings (SSSR count). The van der Waals surface area contributed by atoms with Gasteiger partial charge in [0.2, 0.25) is 0 Å². The van der Waals surface area contributed by atoms with Gasteiger partial charge in [-0.15, -0.1) is 0 Å². The van der Waals surface area contributed by atoms with Crippen molar-refractivity contribution >= 4 is 17.1 Å². The SMILES string of the molecule is OCc1cc(Cl)n2cncc2c1. The summed E-state index contributed by atoms with van der Waals surface area (Å²) in [7, 11) is 0. The number of aromatic nitrogens is 2. The summed E-state index contributed by atoms with van der Waals surface area (Å²) >= 11 is 5.89. The first-order valence-electron chi connectivity index (χ1n) is 3.52. The Morgan fingerprint density at radius 2 is 2.33 bits per heavy atom. The van der Waals surface area contributed by atoms with Crippen LogP contribution in [0.15, 0.2) is 24.7 Å². The van der Waals surface area contributed by atoms with Gasteiger partial charge in [-0.1, -0.05) is 11.6 Å². The second kappa shape index (κ2) is 2.77. The molecule has 0 spiro atoms. The molecule has 0 atom stereocenters. The van der Waals surface area contributed by atoms with Crippen LogP contribution in [0.5, 0.6) is 0 Å². The van der Waals surface area contributed by atoms with Crippen LogP contribution in [0.25, 0.3) is 5.52 Å². The minimum atomic E-state index is 0.00139. The van der Waals surface area contributed by atoms with Gasteiger partial charge in [-0.2, -0.15) is 0 Å². The van der Waals surface area contributed by atoms with Crippen molar-refractivity contribution in [2.45, 2.75) is 6.61 Å². The molecule has 62 valence electrons. The van der Waals surface area contributed by atoms with E-state index >= 15 is 0 Å². The largest absolute Gasteiger partial charge is 0.392 e. The Morgan fingerprint density at radius 1 is 1.50 bits per heavy atom. The quantitative estimate of drug-likeness (QED) is 0.679. The Kier molecular flexibility index (Phi) is 1.75. The van der Waals surface area contributed by atoms with E-state index in [1.54, 1.807) is 23.0 Å². The number of nitrogens with zero attached hydrogens (tertiary/aromatic N) is 2. The van der Waals surface area contributed by atoms with E-state index in [0.717, 1.165) is 11.1 Å². The van der Waals surface area contributed by atoms with Gasteiger partial charge < -0.3 is 5.11 Å². The monoisotopic (exact) mass is 182 g/mol. The van der Waals surface area contributed by atoms with Gasteiger partial charge in [-0.3, -0.25) is 4.40 Å². The lowest BCUT2D eigenvalue weighted by molar-refractivity contribution is 0.282. The maximum Gasteiger partial charge on any atom is 0.115 e. The normalized spacial score (nSPS) is 10.8. The fourth-order valence-corrected chi connectivity index (χ4v) is 1.42. The highest BCUT2D eigenvalue weighted by Gasteiger charge is 2.00. The van der Waals surface area contributed by atoms with Crippen molar-refractivity contribution in [3.05, 3.63) is 35.4 Å². The molecule has 0 aliphatic rings. The number of aliphatic hydroxyl groups excluding tert-OH is 1. The fourth-order valence-electron chi connectivity index (χ4n) is 1.14. The Labute approximate surface area is 74.2 Å². The number of pyridine rings is 1. The van der Waals surface area contributed by atoms with Crippen LogP contribution in [0.2, 0.25) is 5.15 Å². The van der Waals surface area contributed by atoms with Crippen LogP contribution in [0.1, 0.15) is 5.56 Å². The molecule has 2 aromatic heterocycles. The summed E-state index contributed by atoms with van der Waals surface area (Å²) < 4.78 is 1.75. The molecule has 0 aromatic carbocycles. The van der Waals surface area contributed by atoms with Gasteiger partial charge in [0.1, 0.15) is 11.5 Å². The van der Waals surface area contributed by atoms with Crippen LogP contribution in [0.4, 0.5) is 0 Å². The summed E-state index contributed by atoms with van der Waals surface area (Å²) in [6, 6.07) is 3.56. The molecule has 0 aliphatic heterocycles. The minimum absolute atomic E-state index is 0.00139. The lowest BCUT2D eigenvalue weighted by atomic mass is 10.2. The second-order valence-electron chi connectivity index (χ2n) is 2.53. The van der Waals surface area contributed by atoms with Crippen molar-refractivity contribution in [1.82, 2.24) is 9.38 Å². The maximum atomic E-state index is 8.87. The van der Waals surface area contributed by atoms with E-state index in [2.05, 4.69) is 4.98 Å². The van der Waals surface area contributed by atoms with E-state index in [1.165, 1.54) is 0 Å². The van der Waals surface area contributed by atoms with Gasteiger partial charge in [0, 0.05) is 0 Å². The van der Waals surface area contributed by atoms with E-state index in [4.69, 9.17) is 16.7 Å². The summed E-state index contributed by atoms with van der Waals surface area (Å²) in [5.41, 5.74) is 1.69. The molecule has 0 fully saturated rings. The average Bonchev–Trinajstić information content (AvgIpc) is 2.52. The second-order valence-corrected chi connectivity index (χ2v) is 2.92. The molecule has 0 saturated heterocycles. The van der Waals surface area contributed by atoms with Crippen LogP contribution >= 0.6 is 11.6 Å². The molecule has 3 nitrogen and oxygen atoms in total. The molecular formula is C8H7ClN2O. The van der Waals surface area contributed by atoms with Crippen molar-refractivity contribution < 1.29 is 5.11 Å². The van der Waals surface area contributed by atoms with E-state index in [9.17, 15) is 0 Å². The third-order valence-electron chi connectivity index (χ3n) is 1.72. The molecule has 0 radical (unpaired) electrons. The Morgan fingerprint density at radius 3 is 3.08 bits per heavy atom. The number of halogens is 1. The molecular weight excluding hydrogens is 176 g/mol. The summed E-state index contributed by atoms with van der Waals surface area (Å²) in [6.07, 6.45) is 3.34. The first kappa shape index (κ1) is 7.58. The number of fused-ring (bicyclic) bond motifs is 1. The highest BCUT2D eigenvalue weighted by Crippen LogP contribution is 2.15. The molecule has 0 amide bonds. The van der Waals surface area contributed by atoms with Crippen molar-refractivity contribution in [3.8, 4) is 0 Å². The summed E-state index contributed by atoms with van der Waals surface area (Å²) in [6.45, 7) is 0.00139. The predicted molar refractivity (Wildman–Crippen MR) is 46.1 cm³/mol. The third-order valence-corrected chi connectivity index (χ3v) is 2.01. The molecule has 2 heterocycles. The number of rotatable bonds is 1. The van der Waals surface area contributed by atoms with Gasteiger partial charge in [0.15, 0.2) is 0 Å². The fraction of sp³-hybridized carbons (Fsp3) is 0.125. The first-order chi connectivity index (χ1) is 5.81. The standard InChI is InChI=1S/C8H7ClN2O/c9-8-2-6(4-12)1-7-3-10-5-11(7)8/h1-3,5,12H,4H2. The van der Waals surface area contributed by atoms with Crippen molar-refractivity contribution in [2.24, 2.45) is 0 Å². The number of hydrogen-bond donors (Lipinski definition) is 1. The van der Waals surface area contributed by atoms with E-state index in [0.29, 0.717) is 5.15 Å². The summed E-state index contributed by atoms with van der Waals surface area (Å²) in [4.78, 5) is 3.93. The predicted octanol–water partition coefficient (Wildman–Crippen LogP) is 1.48. The maximum absolute atomic E-state index is 8.87. The van der Waals surface area contributed by atoms with E-state index in [1.807, 2.05) is 6.07 Å². The summed E-state index contributed by atoms with van der Waals surface area (Å²) in [5, 5.41) is 9.43. The molecule has 0 saturated carbocycles. The lowest BCUT2D eigenvalue weighted by Gasteiger charge is -2.00. The van der Waals surface area contributed by atoms with E-state index in [-0.39, 0.29) is 6.61 Å².